The predicted molar refractivity (Wildman–Crippen MR) is 78.7 cm³/mol. The van der Waals surface area contributed by atoms with E-state index >= 15 is 0 Å². The minimum absolute atomic E-state index is 0.420. The summed E-state index contributed by atoms with van der Waals surface area (Å²) in [4.78, 5) is 11.2. The summed E-state index contributed by atoms with van der Waals surface area (Å²) in [6.07, 6.45) is 8.62. The highest BCUT2D eigenvalue weighted by molar-refractivity contribution is 5.52. The van der Waals surface area contributed by atoms with E-state index in [-0.39, 0.29) is 0 Å². The fraction of sp³-hybridized carbons (Fsp3) is 0.562. The summed E-state index contributed by atoms with van der Waals surface area (Å²) in [6, 6.07) is 3.82. The Labute approximate surface area is 124 Å². The van der Waals surface area contributed by atoms with Crippen LogP contribution in [0.2, 0.25) is 0 Å². The third-order valence-electron chi connectivity index (χ3n) is 4.53. The Kier molecular flexibility index (Phi) is 3.43. The van der Waals surface area contributed by atoms with Crippen molar-refractivity contribution in [3.8, 4) is 11.4 Å². The molecule has 0 radical (unpaired) electrons. The van der Waals surface area contributed by atoms with Crippen LogP contribution in [0.15, 0.2) is 29.0 Å². The Morgan fingerprint density at radius 1 is 1.10 bits per heavy atom. The lowest BCUT2D eigenvalue weighted by Gasteiger charge is -2.30. The third kappa shape index (κ3) is 2.97. The largest absolute Gasteiger partial charge is 0.339 e. The van der Waals surface area contributed by atoms with E-state index < -0.39 is 0 Å². The van der Waals surface area contributed by atoms with E-state index in [0.717, 1.165) is 43.3 Å². The number of hydrogen-bond acceptors (Lipinski definition) is 5. The number of pyridine rings is 1. The molecule has 110 valence electrons. The number of likely N-dealkylation sites (tertiary alicyclic amines) is 1. The van der Waals surface area contributed by atoms with Crippen molar-refractivity contribution < 1.29 is 4.52 Å². The lowest BCUT2D eigenvalue weighted by Crippen LogP contribution is -2.34. The van der Waals surface area contributed by atoms with E-state index in [9.17, 15) is 0 Å². The molecule has 0 bridgehead atoms. The van der Waals surface area contributed by atoms with Crippen molar-refractivity contribution >= 4 is 0 Å². The summed E-state index contributed by atoms with van der Waals surface area (Å²) in [5, 5.41) is 4.11. The SMILES string of the molecule is c1cc(-c2noc(C3CCN(CC4CC4)CC3)n2)ccn1. The lowest BCUT2D eigenvalue weighted by molar-refractivity contribution is 0.188. The second kappa shape index (κ2) is 5.56. The van der Waals surface area contributed by atoms with E-state index in [1.54, 1.807) is 12.4 Å². The monoisotopic (exact) mass is 284 g/mol. The van der Waals surface area contributed by atoms with Crippen LogP contribution in [0.4, 0.5) is 0 Å². The van der Waals surface area contributed by atoms with E-state index in [0.29, 0.717) is 11.7 Å². The quantitative estimate of drug-likeness (QED) is 0.864. The van der Waals surface area contributed by atoms with Gasteiger partial charge in [0.2, 0.25) is 11.7 Å². The summed E-state index contributed by atoms with van der Waals surface area (Å²) in [5.41, 5.74) is 0.964. The molecule has 0 atom stereocenters. The van der Waals surface area contributed by atoms with Crippen LogP contribution in [0.5, 0.6) is 0 Å². The van der Waals surface area contributed by atoms with Crippen molar-refractivity contribution in [2.75, 3.05) is 19.6 Å². The fourth-order valence-corrected chi connectivity index (χ4v) is 3.05. The number of nitrogens with zero attached hydrogens (tertiary/aromatic N) is 4. The van der Waals surface area contributed by atoms with Crippen LogP contribution < -0.4 is 0 Å². The van der Waals surface area contributed by atoms with E-state index in [1.807, 2.05) is 12.1 Å². The topological polar surface area (TPSA) is 55.1 Å². The van der Waals surface area contributed by atoms with Gasteiger partial charge in [-0.1, -0.05) is 5.16 Å². The first-order valence-corrected chi connectivity index (χ1v) is 7.85. The van der Waals surface area contributed by atoms with Gasteiger partial charge in [0.25, 0.3) is 0 Å². The molecule has 1 aliphatic carbocycles. The maximum atomic E-state index is 5.49. The molecule has 4 rings (SSSR count). The van der Waals surface area contributed by atoms with Crippen LogP contribution in [0.1, 0.15) is 37.5 Å². The average molecular weight is 284 g/mol. The van der Waals surface area contributed by atoms with E-state index in [2.05, 4.69) is 20.0 Å². The first kappa shape index (κ1) is 13.0. The number of aromatic nitrogens is 3. The molecule has 21 heavy (non-hydrogen) atoms. The molecule has 1 aliphatic heterocycles. The van der Waals surface area contributed by atoms with Crippen LogP contribution in [0, 0.1) is 5.92 Å². The molecule has 0 N–H and O–H groups in total. The van der Waals surface area contributed by atoms with Gasteiger partial charge in [-0.05, 0) is 56.8 Å². The second-order valence-electron chi connectivity index (χ2n) is 6.21. The van der Waals surface area contributed by atoms with Crippen molar-refractivity contribution in [3.63, 3.8) is 0 Å². The zero-order valence-electron chi connectivity index (χ0n) is 12.1. The van der Waals surface area contributed by atoms with Gasteiger partial charge >= 0.3 is 0 Å². The van der Waals surface area contributed by atoms with Gasteiger partial charge in [0.1, 0.15) is 0 Å². The van der Waals surface area contributed by atoms with Gasteiger partial charge in [-0.2, -0.15) is 4.98 Å². The van der Waals surface area contributed by atoms with E-state index in [1.165, 1.54) is 19.4 Å². The average Bonchev–Trinajstić information content (AvgIpc) is 3.22. The normalized spacial score (nSPS) is 20.8. The Morgan fingerprint density at radius 3 is 2.57 bits per heavy atom. The molecule has 5 heteroatoms. The zero-order chi connectivity index (χ0) is 14.1. The Balaban J connectivity index is 1.40. The first-order chi connectivity index (χ1) is 10.4. The summed E-state index contributed by atoms with van der Waals surface area (Å²) >= 11 is 0. The molecule has 3 heterocycles. The van der Waals surface area contributed by atoms with Gasteiger partial charge in [-0.3, -0.25) is 4.98 Å². The molecule has 2 aliphatic rings. The molecule has 2 aromatic heterocycles. The Hall–Kier alpha value is -1.75. The summed E-state index contributed by atoms with van der Waals surface area (Å²) < 4.78 is 5.49. The van der Waals surface area contributed by atoms with Crippen LogP contribution in [-0.4, -0.2) is 39.7 Å². The third-order valence-corrected chi connectivity index (χ3v) is 4.53. The summed E-state index contributed by atoms with van der Waals surface area (Å²) in [5.74, 6) is 2.87. The predicted octanol–water partition coefficient (Wildman–Crippen LogP) is 2.72. The molecule has 5 nitrogen and oxygen atoms in total. The molecular formula is C16H20N4O. The summed E-state index contributed by atoms with van der Waals surface area (Å²) in [7, 11) is 0. The maximum absolute atomic E-state index is 5.49. The number of rotatable bonds is 4. The molecule has 2 fully saturated rings. The van der Waals surface area contributed by atoms with Crippen molar-refractivity contribution in [2.45, 2.75) is 31.6 Å². The highest BCUT2D eigenvalue weighted by Gasteiger charge is 2.29. The number of hydrogen-bond donors (Lipinski definition) is 0. The Bertz CT molecular complexity index is 585. The van der Waals surface area contributed by atoms with E-state index in [4.69, 9.17) is 4.52 Å². The smallest absolute Gasteiger partial charge is 0.230 e. The molecule has 1 saturated carbocycles. The van der Waals surface area contributed by atoms with Gasteiger partial charge in [0.05, 0.1) is 0 Å². The molecule has 0 aromatic carbocycles. The van der Waals surface area contributed by atoms with Crippen molar-refractivity contribution in [1.82, 2.24) is 20.0 Å². The fourth-order valence-electron chi connectivity index (χ4n) is 3.05. The second-order valence-corrected chi connectivity index (χ2v) is 6.21. The minimum atomic E-state index is 0.420. The molecule has 0 amide bonds. The van der Waals surface area contributed by atoms with Crippen molar-refractivity contribution in [1.29, 1.82) is 0 Å². The van der Waals surface area contributed by atoms with Gasteiger partial charge in [-0.15, -0.1) is 0 Å². The highest BCUT2D eigenvalue weighted by Crippen LogP contribution is 2.33. The Morgan fingerprint density at radius 2 is 1.86 bits per heavy atom. The van der Waals surface area contributed by atoms with Gasteiger partial charge < -0.3 is 9.42 Å². The molecule has 0 unspecified atom stereocenters. The zero-order valence-corrected chi connectivity index (χ0v) is 12.1. The van der Waals surface area contributed by atoms with Crippen LogP contribution in [0.25, 0.3) is 11.4 Å². The molecule has 2 aromatic rings. The highest BCUT2D eigenvalue weighted by atomic mass is 16.5. The van der Waals surface area contributed by atoms with Gasteiger partial charge in [0.15, 0.2) is 0 Å². The van der Waals surface area contributed by atoms with Crippen LogP contribution >= 0.6 is 0 Å². The van der Waals surface area contributed by atoms with Gasteiger partial charge in [0, 0.05) is 30.4 Å². The molecular weight excluding hydrogens is 264 g/mol. The van der Waals surface area contributed by atoms with Crippen molar-refractivity contribution in [3.05, 3.63) is 30.4 Å². The van der Waals surface area contributed by atoms with Gasteiger partial charge in [-0.25, -0.2) is 0 Å². The molecule has 1 saturated heterocycles. The van der Waals surface area contributed by atoms with Crippen LogP contribution in [0.3, 0.4) is 0 Å². The summed E-state index contributed by atoms with van der Waals surface area (Å²) in [6.45, 7) is 3.61. The first-order valence-electron chi connectivity index (χ1n) is 7.85. The van der Waals surface area contributed by atoms with Crippen LogP contribution in [-0.2, 0) is 0 Å². The lowest BCUT2D eigenvalue weighted by atomic mass is 9.96. The molecule has 0 spiro atoms. The van der Waals surface area contributed by atoms with Crippen molar-refractivity contribution in [2.24, 2.45) is 5.92 Å². The standard InChI is InChI=1S/C16H20N4O/c1-2-12(1)11-20-9-5-14(6-10-20)16-18-15(19-21-16)13-3-7-17-8-4-13/h3-4,7-8,12,14H,1-2,5-6,9-11H2. The minimum Gasteiger partial charge on any atom is -0.339 e. The number of piperidine rings is 1. The maximum Gasteiger partial charge on any atom is 0.230 e.